The van der Waals surface area contributed by atoms with Gasteiger partial charge in [-0.1, -0.05) is 6.92 Å². The SMILES string of the molecule is CCCN(CC(=O)O)C(=O)CCCn1cccn1. The lowest BCUT2D eigenvalue weighted by atomic mass is 10.2. The lowest BCUT2D eigenvalue weighted by molar-refractivity contribution is -0.144. The van der Waals surface area contributed by atoms with Crippen LogP contribution in [0.25, 0.3) is 0 Å². The summed E-state index contributed by atoms with van der Waals surface area (Å²) in [5, 5.41) is 12.8. The minimum Gasteiger partial charge on any atom is -0.480 e. The first-order chi connectivity index (χ1) is 8.63. The van der Waals surface area contributed by atoms with Gasteiger partial charge in [0.05, 0.1) is 0 Å². The normalized spacial score (nSPS) is 10.3. The molecule has 6 nitrogen and oxygen atoms in total. The first-order valence-electron chi connectivity index (χ1n) is 6.10. The van der Waals surface area contributed by atoms with Crippen molar-refractivity contribution in [3.63, 3.8) is 0 Å². The Kier molecular flexibility index (Phi) is 5.90. The predicted octanol–water partition coefficient (Wildman–Crippen LogP) is 0.986. The third-order valence-electron chi connectivity index (χ3n) is 2.51. The number of carboxylic acid groups (broad SMARTS) is 1. The Morgan fingerprint density at radius 2 is 2.22 bits per heavy atom. The van der Waals surface area contributed by atoms with E-state index < -0.39 is 5.97 Å². The molecule has 0 fully saturated rings. The largest absolute Gasteiger partial charge is 0.480 e. The van der Waals surface area contributed by atoms with Gasteiger partial charge in [0.1, 0.15) is 6.54 Å². The highest BCUT2D eigenvalue weighted by molar-refractivity contribution is 5.81. The van der Waals surface area contributed by atoms with Crippen molar-refractivity contribution in [2.45, 2.75) is 32.7 Å². The first kappa shape index (κ1) is 14.2. The van der Waals surface area contributed by atoms with Crippen LogP contribution >= 0.6 is 0 Å². The van der Waals surface area contributed by atoms with Crippen LogP contribution < -0.4 is 0 Å². The van der Waals surface area contributed by atoms with Gasteiger partial charge in [0.25, 0.3) is 0 Å². The molecule has 18 heavy (non-hydrogen) atoms. The summed E-state index contributed by atoms with van der Waals surface area (Å²) >= 11 is 0. The fourth-order valence-corrected chi connectivity index (χ4v) is 1.71. The minimum absolute atomic E-state index is 0.105. The van der Waals surface area contributed by atoms with Crippen molar-refractivity contribution in [2.75, 3.05) is 13.1 Å². The van der Waals surface area contributed by atoms with Gasteiger partial charge in [0, 0.05) is 31.9 Å². The molecule has 1 N–H and O–H groups in total. The molecule has 1 aromatic rings. The van der Waals surface area contributed by atoms with Gasteiger partial charge >= 0.3 is 5.97 Å². The van der Waals surface area contributed by atoms with Crippen LogP contribution in [0.4, 0.5) is 0 Å². The smallest absolute Gasteiger partial charge is 0.323 e. The molecule has 100 valence electrons. The van der Waals surface area contributed by atoms with Gasteiger partial charge in [0.2, 0.25) is 5.91 Å². The maximum absolute atomic E-state index is 11.8. The molecular formula is C12H19N3O3. The predicted molar refractivity (Wildman–Crippen MR) is 66.0 cm³/mol. The zero-order valence-corrected chi connectivity index (χ0v) is 10.6. The van der Waals surface area contributed by atoms with E-state index in [9.17, 15) is 9.59 Å². The number of carboxylic acids is 1. The molecule has 0 radical (unpaired) electrons. The van der Waals surface area contributed by atoms with Crippen LogP contribution in [-0.2, 0) is 16.1 Å². The molecular weight excluding hydrogens is 234 g/mol. The number of hydrogen-bond donors (Lipinski definition) is 1. The van der Waals surface area contributed by atoms with Crippen molar-refractivity contribution in [1.82, 2.24) is 14.7 Å². The number of aliphatic carboxylic acids is 1. The third-order valence-corrected chi connectivity index (χ3v) is 2.51. The molecule has 0 spiro atoms. The monoisotopic (exact) mass is 253 g/mol. The molecule has 1 amide bonds. The number of aromatic nitrogens is 2. The number of carbonyl (C=O) groups is 2. The van der Waals surface area contributed by atoms with Crippen molar-refractivity contribution in [3.8, 4) is 0 Å². The van der Waals surface area contributed by atoms with E-state index in [1.165, 1.54) is 4.90 Å². The Morgan fingerprint density at radius 1 is 1.44 bits per heavy atom. The van der Waals surface area contributed by atoms with Crippen molar-refractivity contribution in [3.05, 3.63) is 18.5 Å². The topological polar surface area (TPSA) is 75.4 Å². The van der Waals surface area contributed by atoms with Crippen LogP contribution in [0.15, 0.2) is 18.5 Å². The minimum atomic E-state index is -0.969. The average molecular weight is 253 g/mol. The van der Waals surface area contributed by atoms with Crippen LogP contribution in [0, 0.1) is 0 Å². The fraction of sp³-hybridized carbons (Fsp3) is 0.583. The van der Waals surface area contributed by atoms with E-state index in [2.05, 4.69) is 5.10 Å². The summed E-state index contributed by atoms with van der Waals surface area (Å²) in [5.74, 6) is -1.07. The molecule has 1 heterocycles. The standard InChI is InChI=1S/C12H19N3O3/c1-2-7-14(10-12(17)18)11(16)5-3-8-15-9-4-6-13-15/h4,6,9H,2-3,5,7-8,10H2,1H3,(H,17,18). The Balaban J connectivity index is 2.34. The van der Waals surface area contributed by atoms with E-state index in [4.69, 9.17) is 5.11 Å². The second-order valence-electron chi connectivity index (χ2n) is 4.08. The summed E-state index contributed by atoms with van der Waals surface area (Å²) in [7, 11) is 0. The fourth-order valence-electron chi connectivity index (χ4n) is 1.71. The van der Waals surface area contributed by atoms with Gasteiger partial charge in [-0.3, -0.25) is 14.3 Å². The van der Waals surface area contributed by atoms with E-state index in [-0.39, 0.29) is 12.5 Å². The Morgan fingerprint density at radius 3 is 2.78 bits per heavy atom. The number of hydrogen-bond acceptors (Lipinski definition) is 3. The number of amides is 1. The van der Waals surface area contributed by atoms with Crippen molar-refractivity contribution in [2.24, 2.45) is 0 Å². The average Bonchev–Trinajstić information content (AvgIpc) is 2.81. The molecule has 0 saturated carbocycles. The van der Waals surface area contributed by atoms with E-state index in [1.54, 1.807) is 10.9 Å². The zero-order valence-electron chi connectivity index (χ0n) is 10.6. The molecule has 1 aromatic heterocycles. The van der Waals surface area contributed by atoms with Crippen molar-refractivity contribution < 1.29 is 14.7 Å². The first-order valence-corrected chi connectivity index (χ1v) is 6.10. The molecule has 0 atom stereocenters. The Labute approximate surface area is 106 Å². The van der Waals surface area contributed by atoms with Crippen molar-refractivity contribution in [1.29, 1.82) is 0 Å². The quantitative estimate of drug-likeness (QED) is 0.749. The molecule has 0 aliphatic rings. The molecule has 0 aliphatic carbocycles. The van der Waals surface area contributed by atoms with Gasteiger partial charge in [-0.2, -0.15) is 5.10 Å². The van der Waals surface area contributed by atoms with Gasteiger partial charge in [-0.25, -0.2) is 0 Å². The summed E-state index contributed by atoms with van der Waals surface area (Å²) < 4.78 is 1.76. The highest BCUT2D eigenvalue weighted by Gasteiger charge is 2.15. The molecule has 0 aliphatic heterocycles. The molecule has 0 saturated heterocycles. The second kappa shape index (κ2) is 7.47. The molecule has 0 bridgehead atoms. The lowest BCUT2D eigenvalue weighted by Gasteiger charge is -2.19. The highest BCUT2D eigenvalue weighted by Crippen LogP contribution is 2.01. The van der Waals surface area contributed by atoms with E-state index >= 15 is 0 Å². The number of carbonyl (C=O) groups excluding carboxylic acids is 1. The van der Waals surface area contributed by atoms with E-state index in [1.807, 2.05) is 19.2 Å². The van der Waals surface area contributed by atoms with Gasteiger partial charge in [-0.15, -0.1) is 0 Å². The molecule has 6 heteroatoms. The third kappa shape index (κ3) is 4.99. The molecule has 0 unspecified atom stereocenters. The maximum atomic E-state index is 11.8. The Bertz CT molecular complexity index is 376. The summed E-state index contributed by atoms with van der Waals surface area (Å²) in [4.78, 5) is 23.9. The second-order valence-corrected chi connectivity index (χ2v) is 4.08. The zero-order chi connectivity index (χ0) is 13.4. The van der Waals surface area contributed by atoms with Gasteiger partial charge in [-0.05, 0) is 18.9 Å². The Hall–Kier alpha value is -1.85. The molecule has 0 aromatic carbocycles. The maximum Gasteiger partial charge on any atom is 0.323 e. The van der Waals surface area contributed by atoms with Crippen molar-refractivity contribution >= 4 is 11.9 Å². The number of aryl methyl sites for hydroxylation is 1. The number of rotatable bonds is 8. The van der Waals surface area contributed by atoms with Gasteiger partial charge in [0.15, 0.2) is 0 Å². The van der Waals surface area contributed by atoms with Crippen LogP contribution in [0.5, 0.6) is 0 Å². The van der Waals surface area contributed by atoms with Gasteiger partial charge < -0.3 is 10.0 Å². The van der Waals surface area contributed by atoms with Crippen LogP contribution in [0.1, 0.15) is 26.2 Å². The van der Waals surface area contributed by atoms with Crippen LogP contribution in [0.2, 0.25) is 0 Å². The van der Waals surface area contributed by atoms with E-state index in [0.29, 0.717) is 25.9 Å². The number of nitrogens with zero attached hydrogens (tertiary/aromatic N) is 3. The van der Waals surface area contributed by atoms with Crippen LogP contribution in [-0.4, -0.2) is 44.8 Å². The summed E-state index contributed by atoms with van der Waals surface area (Å²) in [6.07, 6.45) is 5.31. The lowest BCUT2D eigenvalue weighted by Crippen LogP contribution is -2.36. The van der Waals surface area contributed by atoms with Crippen LogP contribution in [0.3, 0.4) is 0 Å². The summed E-state index contributed by atoms with van der Waals surface area (Å²) in [6, 6.07) is 1.83. The summed E-state index contributed by atoms with van der Waals surface area (Å²) in [5.41, 5.74) is 0. The molecule has 1 rings (SSSR count). The van der Waals surface area contributed by atoms with E-state index in [0.717, 1.165) is 6.42 Å². The highest BCUT2D eigenvalue weighted by atomic mass is 16.4. The summed E-state index contributed by atoms with van der Waals surface area (Å²) in [6.45, 7) is 2.87.